The number of hydrogen-bond donors (Lipinski definition) is 2. The molecule has 0 aliphatic rings. The van der Waals surface area contributed by atoms with Crippen molar-refractivity contribution in [2.45, 2.75) is 37.1 Å². The van der Waals surface area contributed by atoms with E-state index in [1.54, 1.807) is 18.2 Å². The molecule has 0 spiro atoms. The molecule has 3 N–H and O–H groups in total. The molecule has 2 rings (SSSR count). The SMILES string of the molecule is CC(Cc1ccc(F)c(F)c1)NCCCc1ccc(S(N)(=O)=O)cc1. The molecule has 4 nitrogen and oxygen atoms in total. The molecule has 1 unspecified atom stereocenters. The van der Waals surface area contributed by atoms with Gasteiger partial charge in [0, 0.05) is 6.04 Å². The van der Waals surface area contributed by atoms with E-state index in [1.165, 1.54) is 18.2 Å². The first-order chi connectivity index (χ1) is 11.8. The van der Waals surface area contributed by atoms with E-state index in [4.69, 9.17) is 5.14 Å². The van der Waals surface area contributed by atoms with Crippen molar-refractivity contribution in [3.63, 3.8) is 0 Å². The quantitative estimate of drug-likeness (QED) is 0.704. The van der Waals surface area contributed by atoms with E-state index in [0.29, 0.717) is 6.42 Å². The molecule has 0 aliphatic heterocycles. The van der Waals surface area contributed by atoms with Crippen LogP contribution in [-0.4, -0.2) is 21.0 Å². The molecule has 0 saturated heterocycles. The monoisotopic (exact) mass is 368 g/mol. The van der Waals surface area contributed by atoms with E-state index in [9.17, 15) is 17.2 Å². The molecule has 2 aromatic carbocycles. The van der Waals surface area contributed by atoms with E-state index in [1.807, 2.05) is 6.92 Å². The first kappa shape index (κ1) is 19.5. The van der Waals surface area contributed by atoms with Crippen LogP contribution in [0.15, 0.2) is 47.4 Å². The lowest BCUT2D eigenvalue weighted by atomic mass is 10.1. The number of benzene rings is 2. The fraction of sp³-hybridized carbons (Fsp3) is 0.333. The van der Waals surface area contributed by atoms with Gasteiger partial charge in [-0.3, -0.25) is 0 Å². The second kappa shape index (κ2) is 8.51. The highest BCUT2D eigenvalue weighted by Gasteiger charge is 2.08. The normalized spacial score (nSPS) is 13.0. The Hall–Kier alpha value is -1.83. The maximum absolute atomic E-state index is 13.2. The maximum Gasteiger partial charge on any atom is 0.238 e. The Balaban J connectivity index is 1.74. The van der Waals surface area contributed by atoms with Gasteiger partial charge in [0.1, 0.15) is 0 Å². The summed E-state index contributed by atoms with van der Waals surface area (Å²) in [5.74, 6) is -1.66. The summed E-state index contributed by atoms with van der Waals surface area (Å²) in [5, 5.41) is 8.40. The summed E-state index contributed by atoms with van der Waals surface area (Å²) in [7, 11) is -3.65. The number of sulfonamides is 1. The van der Waals surface area contributed by atoms with Crippen molar-refractivity contribution in [1.29, 1.82) is 0 Å². The molecule has 0 amide bonds. The Morgan fingerprint density at radius 3 is 2.28 bits per heavy atom. The summed E-state index contributed by atoms with van der Waals surface area (Å²) >= 11 is 0. The Morgan fingerprint density at radius 2 is 1.68 bits per heavy atom. The molecule has 0 fully saturated rings. The molecule has 1 atom stereocenters. The van der Waals surface area contributed by atoms with Crippen molar-refractivity contribution >= 4 is 10.0 Å². The number of aryl methyl sites for hydroxylation is 1. The van der Waals surface area contributed by atoms with Crippen LogP contribution in [0.5, 0.6) is 0 Å². The van der Waals surface area contributed by atoms with Gasteiger partial charge in [0.2, 0.25) is 10.0 Å². The van der Waals surface area contributed by atoms with Crippen molar-refractivity contribution in [2.24, 2.45) is 5.14 Å². The Labute approximate surface area is 147 Å². The molecule has 0 bridgehead atoms. The van der Waals surface area contributed by atoms with E-state index >= 15 is 0 Å². The summed E-state index contributed by atoms with van der Waals surface area (Å²) in [6.45, 7) is 2.75. The lowest BCUT2D eigenvalue weighted by molar-refractivity contribution is 0.501. The fourth-order valence-electron chi connectivity index (χ4n) is 2.58. The fourth-order valence-corrected chi connectivity index (χ4v) is 3.09. The van der Waals surface area contributed by atoms with Crippen LogP contribution in [0.2, 0.25) is 0 Å². The second-order valence-electron chi connectivity index (χ2n) is 6.10. The minimum atomic E-state index is -3.65. The second-order valence-corrected chi connectivity index (χ2v) is 7.66. The third-order valence-electron chi connectivity index (χ3n) is 3.91. The van der Waals surface area contributed by atoms with Gasteiger partial charge in [0.25, 0.3) is 0 Å². The van der Waals surface area contributed by atoms with Gasteiger partial charge >= 0.3 is 0 Å². The summed E-state index contributed by atoms with van der Waals surface area (Å²) < 4.78 is 48.5. The van der Waals surface area contributed by atoms with Gasteiger partial charge in [-0.1, -0.05) is 18.2 Å². The average Bonchev–Trinajstić information content (AvgIpc) is 2.55. The summed E-state index contributed by atoms with van der Waals surface area (Å²) in [6, 6.07) is 10.6. The van der Waals surface area contributed by atoms with E-state index in [0.717, 1.165) is 36.6 Å². The predicted molar refractivity (Wildman–Crippen MR) is 93.7 cm³/mol. The molecule has 0 heterocycles. The molecule has 2 aromatic rings. The van der Waals surface area contributed by atoms with Gasteiger partial charge in [-0.2, -0.15) is 0 Å². The summed E-state index contributed by atoms with van der Waals surface area (Å²) in [6.07, 6.45) is 2.28. The van der Waals surface area contributed by atoms with Crippen molar-refractivity contribution in [2.75, 3.05) is 6.54 Å². The molecule has 0 saturated carbocycles. The van der Waals surface area contributed by atoms with Gasteiger partial charge < -0.3 is 5.32 Å². The Morgan fingerprint density at radius 1 is 1.04 bits per heavy atom. The van der Waals surface area contributed by atoms with Crippen LogP contribution in [0.25, 0.3) is 0 Å². The minimum Gasteiger partial charge on any atom is -0.314 e. The van der Waals surface area contributed by atoms with Gasteiger partial charge in [0.15, 0.2) is 11.6 Å². The number of rotatable bonds is 8. The molecule has 7 heteroatoms. The van der Waals surface area contributed by atoms with Crippen molar-refractivity contribution < 1.29 is 17.2 Å². The molecule has 0 aliphatic carbocycles. The van der Waals surface area contributed by atoms with Gasteiger partial charge in [-0.15, -0.1) is 0 Å². The zero-order valence-electron chi connectivity index (χ0n) is 14.0. The lowest BCUT2D eigenvalue weighted by Crippen LogP contribution is -2.29. The number of primary sulfonamides is 1. The average molecular weight is 368 g/mol. The molecule has 136 valence electrons. The van der Waals surface area contributed by atoms with E-state index < -0.39 is 21.7 Å². The van der Waals surface area contributed by atoms with Crippen LogP contribution in [0.4, 0.5) is 8.78 Å². The number of hydrogen-bond acceptors (Lipinski definition) is 3. The largest absolute Gasteiger partial charge is 0.314 e. The number of nitrogens with two attached hydrogens (primary N) is 1. The molecule has 0 aromatic heterocycles. The molecular formula is C18H22F2N2O2S. The zero-order valence-corrected chi connectivity index (χ0v) is 14.8. The first-order valence-corrected chi connectivity index (χ1v) is 9.59. The third-order valence-corrected chi connectivity index (χ3v) is 4.84. The molecule has 0 radical (unpaired) electrons. The molecular weight excluding hydrogens is 346 g/mol. The van der Waals surface area contributed by atoms with E-state index in [2.05, 4.69) is 5.32 Å². The van der Waals surface area contributed by atoms with Crippen molar-refractivity contribution in [3.8, 4) is 0 Å². The standard InChI is InChI=1S/C18H22F2N2O2S/c1-13(11-15-6-9-17(19)18(20)12-15)22-10-2-3-14-4-7-16(8-5-14)25(21,23)24/h4-9,12-13,22H,2-3,10-11H2,1H3,(H2,21,23,24). The third kappa shape index (κ3) is 6.19. The van der Waals surface area contributed by atoms with Gasteiger partial charge in [-0.05, 0) is 68.1 Å². The van der Waals surface area contributed by atoms with Gasteiger partial charge in [-0.25, -0.2) is 22.3 Å². The highest BCUT2D eigenvalue weighted by atomic mass is 32.2. The summed E-state index contributed by atoms with van der Waals surface area (Å²) in [4.78, 5) is 0.106. The van der Waals surface area contributed by atoms with E-state index in [-0.39, 0.29) is 10.9 Å². The predicted octanol–water partition coefficient (Wildman–Crippen LogP) is 2.77. The highest BCUT2D eigenvalue weighted by molar-refractivity contribution is 7.89. The summed E-state index contributed by atoms with van der Waals surface area (Å²) in [5.41, 5.74) is 1.78. The zero-order chi connectivity index (χ0) is 18.4. The Kier molecular flexibility index (Phi) is 6.64. The van der Waals surface area contributed by atoms with Gasteiger partial charge in [0.05, 0.1) is 4.90 Å². The highest BCUT2D eigenvalue weighted by Crippen LogP contribution is 2.12. The minimum absolute atomic E-state index is 0.106. The van der Waals surface area contributed by atoms with Crippen LogP contribution in [0, 0.1) is 11.6 Å². The topological polar surface area (TPSA) is 72.2 Å². The van der Waals surface area contributed by atoms with Crippen LogP contribution in [0.1, 0.15) is 24.5 Å². The maximum atomic E-state index is 13.2. The number of halogens is 2. The van der Waals surface area contributed by atoms with Crippen LogP contribution in [-0.2, 0) is 22.9 Å². The first-order valence-electron chi connectivity index (χ1n) is 8.05. The lowest BCUT2D eigenvalue weighted by Gasteiger charge is -2.14. The van der Waals surface area contributed by atoms with Crippen LogP contribution in [0.3, 0.4) is 0 Å². The van der Waals surface area contributed by atoms with Crippen molar-refractivity contribution in [3.05, 3.63) is 65.2 Å². The van der Waals surface area contributed by atoms with Crippen molar-refractivity contribution in [1.82, 2.24) is 5.32 Å². The van der Waals surface area contributed by atoms with Crippen LogP contribution >= 0.6 is 0 Å². The smallest absolute Gasteiger partial charge is 0.238 e. The Bertz CT molecular complexity index is 808. The number of nitrogens with one attached hydrogen (secondary N) is 1. The molecule has 25 heavy (non-hydrogen) atoms. The van der Waals surface area contributed by atoms with Crippen LogP contribution < -0.4 is 10.5 Å².